The number of fused-ring (bicyclic) bond motifs is 1. The highest BCUT2D eigenvalue weighted by atomic mass is 32.2. The largest absolute Gasteiger partial charge is 0.378 e. The van der Waals surface area contributed by atoms with Crippen LogP contribution in [0.2, 0.25) is 0 Å². The van der Waals surface area contributed by atoms with Gasteiger partial charge in [-0.25, -0.2) is 15.0 Å². The molecular formula is C25H27N5OS. The van der Waals surface area contributed by atoms with Gasteiger partial charge in [-0.05, 0) is 12.0 Å². The SMILES string of the molecule is CCCSc1nc(N2CCOCC2)c2nc(-c3ccccc3)n(Cc3ccccc3)c2n1. The number of aromatic nitrogens is 4. The summed E-state index contributed by atoms with van der Waals surface area (Å²) in [5, 5.41) is 0.815. The van der Waals surface area contributed by atoms with E-state index in [0.717, 1.165) is 58.8 Å². The predicted molar refractivity (Wildman–Crippen MR) is 130 cm³/mol. The van der Waals surface area contributed by atoms with Gasteiger partial charge in [-0.3, -0.25) is 0 Å². The number of ether oxygens (including phenoxy) is 1. The molecule has 164 valence electrons. The molecule has 0 aliphatic carbocycles. The molecule has 1 aliphatic rings. The van der Waals surface area contributed by atoms with Gasteiger partial charge in [-0.15, -0.1) is 0 Å². The Balaban J connectivity index is 1.71. The highest BCUT2D eigenvalue weighted by Crippen LogP contribution is 2.32. The first kappa shape index (κ1) is 21.0. The first-order chi connectivity index (χ1) is 15.8. The minimum absolute atomic E-state index is 0.707. The van der Waals surface area contributed by atoms with E-state index in [2.05, 4.69) is 64.9 Å². The molecule has 7 heteroatoms. The third kappa shape index (κ3) is 4.36. The zero-order chi connectivity index (χ0) is 21.8. The summed E-state index contributed by atoms with van der Waals surface area (Å²) < 4.78 is 7.83. The van der Waals surface area contributed by atoms with E-state index in [1.165, 1.54) is 5.56 Å². The van der Waals surface area contributed by atoms with Gasteiger partial charge in [0.05, 0.1) is 19.8 Å². The van der Waals surface area contributed by atoms with Crippen LogP contribution in [-0.4, -0.2) is 51.6 Å². The van der Waals surface area contributed by atoms with E-state index in [0.29, 0.717) is 19.8 Å². The first-order valence-electron chi connectivity index (χ1n) is 11.2. The molecule has 0 N–H and O–H groups in total. The smallest absolute Gasteiger partial charge is 0.191 e. The molecule has 4 aromatic rings. The molecule has 0 radical (unpaired) electrons. The Morgan fingerprint density at radius 2 is 1.62 bits per heavy atom. The average Bonchev–Trinajstić information content (AvgIpc) is 3.22. The number of anilines is 1. The fourth-order valence-electron chi connectivity index (χ4n) is 3.94. The molecule has 0 unspecified atom stereocenters. The molecule has 1 saturated heterocycles. The number of nitrogens with zero attached hydrogens (tertiary/aromatic N) is 5. The molecule has 5 rings (SSSR count). The number of hydrogen-bond acceptors (Lipinski definition) is 6. The molecule has 2 aromatic heterocycles. The highest BCUT2D eigenvalue weighted by molar-refractivity contribution is 7.99. The Kier molecular flexibility index (Phi) is 6.36. The Hall–Kier alpha value is -2.90. The monoisotopic (exact) mass is 445 g/mol. The highest BCUT2D eigenvalue weighted by Gasteiger charge is 2.23. The van der Waals surface area contributed by atoms with E-state index < -0.39 is 0 Å². The molecule has 1 aliphatic heterocycles. The summed E-state index contributed by atoms with van der Waals surface area (Å²) in [6, 6.07) is 20.9. The summed E-state index contributed by atoms with van der Waals surface area (Å²) in [4.78, 5) is 17.4. The molecule has 1 fully saturated rings. The quantitative estimate of drug-likeness (QED) is 0.298. The van der Waals surface area contributed by atoms with E-state index in [4.69, 9.17) is 19.7 Å². The van der Waals surface area contributed by atoms with E-state index in [-0.39, 0.29) is 0 Å². The lowest BCUT2D eigenvalue weighted by molar-refractivity contribution is 0.122. The maximum absolute atomic E-state index is 5.59. The molecule has 0 spiro atoms. The van der Waals surface area contributed by atoms with Gasteiger partial charge in [-0.1, -0.05) is 79.3 Å². The van der Waals surface area contributed by atoms with Crippen LogP contribution in [0.1, 0.15) is 18.9 Å². The molecule has 0 amide bonds. The molecule has 32 heavy (non-hydrogen) atoms. The van der Waals surface area contributed by atoms with Crippen molar-refractivity contribution in [2.45, 2.75) is 25.0 Å². The minimum Gasteiger partial charge on any atom is -0.378 e. The zero-order valence-corrected chi connectivity index (χ0v) is 19.1. The van der Waals surface area contributed by atoms with E-state index in [1.807, 2.05) is 12.1 Å². The van der Waals surface area contributed by atoms with E-state index >= 15 is 0 Å². The standard InChI is InChI=1S/C25H27N5OS/c1-2-17-32-25-27-23(29-13-15-31-16-14-29)21-24(28-25)30(18-19-9-5-3-6-10-19)22(26-21)20-11-7-4-8-12-20/h3-12H,2,13-18H2,1H3. The normalized spacial score (nSPS) is 14.2. The van der Waals surface area contributed by atoms with Crippen molar-refractivity contribution >= 4 is 28.7 Å². The molecule has 3 heterocycles. The lowest BCUT2D eigenvalue weighted by Crippen LogP contribution is -2.37. The molecule has 2 aromatic carbocycles. The van der Waals surface area contributed by atoms with Gasteiger partial charge >= 0.3 is 0 Å². The van der Waals surface area contributed by atoms with Crippen LogP contribution in [0.4, 0.5) is 5.82 Å². The average molecular weight is 446 g/mol. The van der Waals surface area contributed by atoms with Gasteiger partial charge in [0, 0.05) is 24.4 Å². The lowest BCUT2D eigenvalue weighted by atomic mass is 10.2. The Morgan fingerprint density at radius 3 is 2.34 bits per heavy atom. The van der Waals surface area contributed by atoms with Crippen LogP contribution in [0.5, 0.6) is 0 Å². The van der Waals surface area contributed by atoms with Gasteiger partial charge in [0.15, 0.2) is 22.1 Å². The van der Waals surface area contributed by atoms with Crippen LogP contribution in [-0.2, 0) is 11.3 Å². The van der Waals surface area contributed by atoms with Crippen LogP contribution < -0.4 is 4.90 Å². The second-order valence-electron chi connectivity index (χ2n) is 7.82. The number of morpholine rings is 1. The maximum atomic E-state index is 5.59. The van der Waals surface area contributed by atoms with Crippen LogP contribution >= 0.6 is 11.8 Å². The third-order valence-corrected chi connectivity index (χ3v) is 6.57. The van der Waals surface area contributed by atoms with Crippen molar-refractivity contribution in [2.75, 3.05) is 37.0 Å². The van der Waals surface area contributed by atoms with Crippen molar-refractivity contribution in [2.24, 2.45) is 0 Å². The van der Waals surface area contributed by atoms with Gasteiger partial charge in [0.25, 0.3) is 0 Å². The van der Waals surface area contributed by atoms with Crippen molar-refractivity contribution in [1.82, 2.24) is 19.5 Å². The molecular weight excluding hydrogens is 418 g/mol. The van der Waals surface area contributed by atoms with Crippen molar-refractivity contribution < 1.29 is 4.74 Å². The summed E-state index contributed by atoms with van der Waals surface area (Å²) in [5.74, 6) is 2.83. The number of rotatable bonds is 7. The predicted octanol–water partition coefficient (Wildman–Crippen LogP) is 4.88. The molecule has 0 bridgehead atoms. The van der Waals surface area contributed by atoms with Crippen LogP contribution in [0.3, 0.4) is 0 Å². The molecule has 6 nitrogen and oxygen atoms in total. The van der Waals surface area contributed by atoms with Crippen LogP contribution in [0.15, 0.2) is 65.8 Å². The number of imidazole rings is 1. The van der Waals surface area contributed by atoms with Gasteiger partial charge in [0.2, 0.25) is 0 Å². The fraction of sp³-hybridized carbons (Fsp3) is 0.320. The zero-order valence-electron chi connectivity index (χ0n) is 18.3. The van der Waals surface area contributed by atoms with E-state index in [9.17, 15) is 0 Å². The Labute approximate surface area is 192 Å². The lowest BCUT2D eigenvalue weighted by Gasteiger charge is -2.28. The van der Waals surface area contributed by atoms with Crippen molar-refractivity contribution in [3.63, 3.8) is 0 Å². The summed E-state index contributed by atoms with van der Waals surface area (Å²) in [6.45, 7) is 5.94. The second kappa shape index (κ2) is 9.71. The maximum Gasteiger partial charge on any atom is 0.191 e. The summed E-state index contributed by atoms with van der Waals surface area (Å²) in [7, 11) is 0. The number of benzene rings is 2. The third-order valence-electron chi connectivity index (χ3n) is 5.52. The van der Waals surface area contributed by atoms with Crippen molar-refractivity contribution in [3.05, 3.63) is 66.2 Å². The Bertz CT molecular complexity index is 1170. The van der Waals surface area contributed by atoms with Crippen molar-refractivity contribution in [1.29, 1.82) is 0 Å². The fourth-order valence-corrected chi connectivity index (χ4v) is 4.63. The number of thioether (sulfide) groups is 1. The van der Waals surface area contributed by atoms with Gasteiger partial charge in [-0.2, -0.15) is 0 Å². The second-order valence-corrected chi connectivity index (χ2v) is 8.89. The Morgan fingerprint density at radius 1 is 0.906 bits per heavy atom. The topological polar surface area (TPSA) is 56.1 Å². The summed E-state index contributed by atoms with van der Waals surface area (Å²) in [5.41, 5.74) is 4.06. The van der Waals surface area contributed by atoms with Gasteiger partial charge in [0.1, 0.15) is 5.82 Å². The van der Waals surface area contributed by atoms with E-state index in [1.54, 1.807) is 11.8 Å². The summed E-state index contributed by atoms with van der Waals surface area (Å²) >= 11 is 1.71. The van der Waals surface area contributed by atoms with Gasteiger partial charge < -0.3 is 14.2 Å². The first-order valence-corrected chi connectivity index (χ1v) is 12.1. The molecule has 0 atom stereocenters. The minimum atomic E-state index is 0.707. The number of hydrogen-bond donors (Lipinski definition) is 0. The van der Waals surface area contributed by atoms with Crippen LogP contribution in [0, 0.1) is 0 Å². The van der Waals surface area contributed by atoms with Crippen LogP contribution in [0.25, 0.3) is 22.6 Å². The van der Waals surface area contributed by atoms with Crippen molar-refractivity contribution in [3.8, 4) is 11.4 Å². The summed E-state index contributed by atoms with van der Waals surface area (Å²) in [6.07, 6.45) is 1.08. The molecule has 0 saturated carbocycles.